The summed E-state index contributed by atoms with van der Waals surface area (Å²) in [4.78, 5) is 11.5. The van der Waals surface area contributed by atoms with Gasteiger partial charge in [-0.1, -0.05) is 13.3 Å². The smallest absolute Gasteiger partial charge is 0.309 e. The molecule has 17 heavy (non-hydrogen) atoms. The number of unbranched alkanes of at least 4 members (excludes halogenated alkanes) is 1. The maximum atomic E-state index is 11.5. The van der Waals surface area contributed by atoms with Crippen molar-refractivity contribution in [1.29, 1.82) is 0 Å². The number of hydrogen-bond acceptors (Lipinski definition) is 4. The van der Waals surface area contributed by atoms with E-state index in [0.29, 0.717) is 6.42 Å². The third-order valence-electron chi connectivity index (χ3n) is 3.32. The molecule has 0 N–H and O–H groups in total. The minimum absolute atomic E-state index is 0.0456. The summed E-state index contributed by atoms with van der Waals surface area (Å²) in [7, 11) is 1.44. The van der Waals surface area contributed by atoms with Crippen LogP contribution in [0.25, 0.3) is 0 Å². The average Bonchev–Trinajstić information content (AvgIpc) is 2.77. The number of fused-ring (bicyclic) bond motifs is 1. The normalized spacial score (nSPS) is 18.8. The van der Waals surface area contributed by atoms with Crippen LogP contribution in [0.1, 0.15) is 37.8 Å². The highest BCUT2D eigenvalue weighted by molar-refractivity contribution is 5.72. The highest BCUT2D eigenvalue weighted by Crippen LogP contribution is 2.21. The van der Waals surface area contributed by atoms with Gasteiger partial charge in [-0.2, -0.15) is 0 Å². The number of esters is 1. The molecule has 0 bridgehead atoms. The van der Waals surface area contributed by atoms with E-state index >= 15 is 0 Å². The molecule has 0 fully saturated rings. The van der Waals surface area contributed by atoms with Crippen LogP contribution >= 0.6 is 0 Å². The first-order chi connectivity index (χ1) is 8.26. The van der Waals surface area contributed by atoms with Gasteiger partial charge in [-0.3, -0.25) is 4.79 Å². The molecule has 0 aromatic carbocycles. The van der Waals surface area contributed by atoms with Crippen molar-refractivity contribution >= 4 is 5.97 Å². The van der Waals surface area contributed by atoms with Crippen molar-refractivity contribution in [3.63, 3.8) is 0 Å². The Hall–Kier alpha value is -1.39. The van der Waals surface area contributed by atoms with E-state index in [-0.39, 0.29) is 11.9 Å². The fourth-order valence-electron chi connectivity index (χ4n) is 2.28. The fraction of sp³-hybridized carbons (Fsp3) is 0.750. The summed E-state index contributed by atoms with van der Waals surface area (Å²) in [6.45, 7) is 3.00. The Labute approximate surface area is 101 Å². The molecular weight excluding hydrogens is 218 g/mol. The number of hydrogen-bond donors (Lipinski definition) is 0. The van der Waals surface area contributed by atoms with Crippen LogP contribution in [0.15, 0.2) is 0 Å². The molecule has 1 aromatic rings. The molecule has 2 rings (SSSR count). The van der Waals surface area contributed by atoms with Gasteiger partial charge in [0.15, 0.2) is 0 Å². The molecule has 1 aromatic heterocycles. The minimum Gasteiger partial charge on any atom is -0.469 e. The Morgan fingerprint density at radius 2 is 2.35 bits per heavy atom. The van der Waals surface area contributed by atoms with E-state index in [4.69, 9.17) is 4.74 Å². The van der Waals surface area contributed by atoms with Gasteiger partial charge >= 0.3 is 5.97 Å². The van der Waals surface area contributed by atoms with Crippen LogP contribution < -0.4 is 0 Å². The van der Waals surface area contributed by atoms with E-state index in [0.717, 1.165) is 43.9 Å². The van der Waals surface area contributed by atoms with Crippen LogP contribution in [-0.2, 0) is 28.9 Å². The molecule has 2 heterocycles. The lowest BCUT2D eigenvalue weighted by atomic mass is 9.98. The first kappa shape index (κ1) is 12.1. The largest absolute Gasteiger partial charge is 0.469 e. The van der Waals surface area contributed by atoms with Gasteiger partial charge in [0.05, 0.1) is 13.0 Å². The van der Waals surface area contributed by atoms with Crippen LogP contribution in [0, 0.1) is 5.92 Å². The molecule has 0 saturated carbocycles. The number of aryl methyl sites for hydroxylation is 1. The molecule has 1 aliphatic heterocycles. The van der Waals surface area contributed by atoms with Gasteiger partial charge in [0, 0.05) is 19.4 Å². The number of aromatic nitrogens is 3. The van der Waals surface area contributed by atoms with Gasteiger partial charge in [-0.25, -0.2) is 0 Å². The van der Waals surface area contributed by atoms with Crippen molar-refractivity contribution in [3.8, 4) is 0 Å². The number of carbonyl (C=O) groups is 1. The molecular formula is C12H19N3O2. The lowest BCUT2D eigenvalue weighted by molar-refractivity contribution is -0.146. The Morgan fingerprint density at radius 3 is 3.06 bits per heavy atom. The molecule has 0 spiro atoms. The van der Waals surface area contributed by atoms with E-state index in [1.54, 1.807) is 0 Å². The summed E-state index contributed by atoms with van der Waals surface area (Å²) < 4.78 is 6.94. The van der Waals surface area contributed by atoms with Crippen LogP contribution in [0.2, 0.25) is 0 Å². The second-order valence-electron chi connectivity index (χ2n) is 4.50. The fourth-order valence-corrected chi connectivity index (χ4v) is 2.28. The molecule has 5 nitrogen and oxygen atoms in total. The lowest BCUT2D eigenvalue weighted by Crippen LogP contribution is -2.27. The zero-order valence-corrected chi connectivity index (χ0v) is 10.5. The summed E-state index contributed by atoms with van der Waals surface area (Å²) in [6, 6.07) is 0. The van der Waals surface area contributed by atoms with Gasteiger partial charge in [-0.05, 0) is 12.8 Å². The number of nitrogens with zero attached hydrogens (tertiary/aromatic N) is 3. The van der Waals surface area contributed by atoms with Crippen LogP contribution in [0.5, 0.6) is 0 Å². The lowest BCUT2D eigenvalue weighted by Gasteiger charge is -2.21. The second-order valence-corrected chi connectivity index (χ2v) is 4.50. The van der Waals surface area contributed by atoms with Gasteiger partial charge < -0.3 is 9.30 Å². The first-order valence-corrected chi connectivity index (χ1v) is 6.25. The van der Waals surface area contributed by atoms with E-state index in [1.165, 1.54) is 7.11 Å². The first-order valence-electron chi connectivity index (χ1n) is 6.25. The summed E-state index contributed by atoms with van der Waals surface area (Å²) in [5.41, 5.74) is 0. The molecule has 1 unspecified atom stereocenters. The maximum Gasteiger partial charge on any atom is 0.309 e. The quantitative estimate of drug-likeness (QED) is 0.742. The Bertz CT molecular complexity index is 400. The van der Waals surface area contributed by atoms with Crippen LogP contribution in [0.4, 0.5) is 0 Å². The summed E-state index contributed by atoms with van der Waals surface area (Å²) in [5, 5.41) is 8.40. The van der Waals surface area contributed by atoms with E-state index in [1.807, 2.05) is 0 Å². The predicted molar refractivity (Wildman–Crippen MR) is 62.5 cm³/mol. The Balaban J connectivity index is 2.07. The zero-order valence-electron chi connectivity index (χ0n) is 10.5. The molecule has 0 aliphatic carbocycles. The van der Waals surface area contributed by atoms with E-state index in [2.05, 4.69) is 21.7 Å². The topological polar surface area (TPSA) is 57.0 Å². The number of rotatable bonds is 4. The van der Waals surface area contributed by atoms with Crippen molar-refractivity contribution in [2.24, 2.45) is 5.92 Å². The maximum absolute atomic E-state index is 11.5. The van der Waals surface area contributed by atoms with Crippen molar-refractivity contribution in [1.82, 2.24) is 14.8 Å². The number of methoxy groups -OCH3 is 1. The minimum atomic E-state index is -0.130. The zero-order chi connectivity index (χ0) is 12.3. The molecule has 0 amide bonds. The van der Waals surface area contributed by atoms with Crippen molar-refractivity contribution in [2.75, 3.05) is 7.11 Å². The molecule has 0 saturated heterocycles. The van der Waals surface area contributed by atoms with Crippen LogP contribution in [0.3, 0.4) is 0 Å². The summed E-state index contributed by atoms with van der Waals surface area (Å²) in [5.74, 6) is 1.81. The number of carbonyl (C=O) groups excluding carboxylic acids is 1. The SMILES string of the molecule is CCCCc1nnc2n1CCC(C(=O)OC)C2. The third kappa shape index (κ3) is 2.48. The van der Waals surface area contributed by atoms with E-state index in [9.17, 15) is 4.79 Å². The average molecular weight is 237 g/mol. The molecule has 94 valence electrons. The van der Waals surface area contributed by atoms with Gasteiger partial charge in [-0.15, -0.1) is 10.2 Å². The second kappa shape index (κ2) is 5.29. The van der Waals surface area contributed by atoms with Crippen molar-refractivity contribution in [2.45, 2.75) is 45.6 Å². The molecule has 1 aliphatic rings. The Morgan fingerprint density at radius 1 is 1.53 bits per heavy atom. The standard InChI is InChI=1S/C12H19N3O2/c1-3-4-5-10-13-14-11-8-9(12(16)17-2)6-7-15(10)11/h9H,3-8H2,1-2H3. The highest BCUT2D eigenvalue weighted by Gasteiger charge is 2.28. The van der Waals surface area contributed by atoms with Gasteiger partial charge in [0.2, 0.25) is 0 Å². The van der Waals surface area contributed by atoms with Gasteiger partial charge in [0.1, 0.15) is 11.6 Å². The molecule has 1 atom stereocenters. The predicted octanol–water partition coefficient (Wildman–Crippen LogP) is 1.36. The van der Waals surface area contributed by atoms with E-state index < -0.39 is 0 Å². The molecule has 5 heteroatoms. The summed E-state index contributed by atoms with van der Waals surface area (Å²) in [6.07, 6.45) is 4.76. The Kier molecular flexibility index (Phi) is 3.76. The monoisotopic (exact) mass is 237 g/mol. The third-order valence-corrected chi connectivity index (χ3v) is 3.32. The summed E-state index contributed by atoms with van der Waals surface area (Å²) >= 11 is 0. The van der Waals surface area contributed by atoms with Crippen molar-refractivity contribution in [3.05, 3.63) is 11.6 Å². The number of ether oxygens (including phenoxy) is 1. The highest BCUT2D eigenvalue weighted by atomic mass is 16.5. The van der Waals surface area contributed by atoms with Crippen molar-refractivity contribution < 1.29 is 9.53 Å². The molecule has 0 radical (unpaired) electrons. The van der Waals surface area contributed by atoms with Crippen LogP contribution in [-0.4, -0.2) is 27.8 Å². The van der Waals surface area contributed by atoms with Gasteiger partial charge in [0.25, 0.3) is 0 Å².